The first-order valence-corrected chi connectivity index (χ1v) is 7.52. The zero-order valence-electron chi connectivity index (χ0n) is 13.5. The van der Waals surface area contributed by atoms with Crippen LogP contribution in [0, 0.1) is 18.3 Å². The first-order valence-electron chi connectivity index (χ1n) is 7.52. The third-order valence-corrected chi connectivity index (χ3v) is 3.60. The molecule has 0 atom stereocenters. The van der Waals surface area contributed by atoms with E-state index in [0.717, 1.165) is 11.1 Å². The number of rotatable bonds is 5. The van der Waals surface area contributed by atoms with Gasteiger partial charge in [0, 0.05) is 42.5 Å². The number of aryl methyl sites for hydroxylation is 1. The summed E-state index contributed by atoms with van der Waals surface area (Å²) in [5, 5.41) is 12.1. The Balaban J connectivity index is 1.71. The molecular formula is C18H14N6O. The molecule has 1 aromatic carbocycles. The Morgan fingerprint density at radius 2 is 1.84 bits per heavy atom. The molecule has 0 saturated carbocycles. The number of nitriles is 1. The highest BCUT2D eigenvalue weighted by atomic mass is 16.1. The van der Waals surface area contributed by atoms with Crippen LogP contribution < -0.4 is 5.32 Å². The average molecular weight is 330 g/mol. The molecule has 7 heteroatoms. The molecule has 0 spiro atoms. The predicted octanol–water partition coefficient (Wildman–Crippen LogP) is 2.29. The van der Waals surface area contributed by atoms with Crippen LogP contribution in [-0.4, -0.2) is 25.7 Å². The maximum atomic E-state index is 12.5. The minimum atomic E-state index is -0.223. The van der Waals surface area contributed by atoms with E-state index in [1.807, 2.05) is 6.92 Å². The van der Waals surface area contributed by atoms with Crippen LogP contribution in [0.2, 0.25) is 0 Å². The minimum Gasteiger partial charge on any atom is -0.350 e. The third kappa shape index (κ3) is 3.82. The first kappa shape index (κ1) is 16.2. The lowest BCUT2D eigenvalue weighted by molar-refractivity contribution is 0.103. The summed E-state index contributed by atoms with van der Waals surface area (Å²) in [5.74, 6) is 0.182. The lowest BCUT2D eigenvalue weighted by Gasteiger charge is -2.06. The van der Waals surface area contributed by atoms with Gasteiger partial charge in [-0.05, 0) is 18.6 Å². The lowest BCUT2D eigenvalue weighted by Crippen LogP contribution is -2.07. The van der Waals surface area contributed by atoms with Crippen LogP contribution in [0.25, 0.3) is 0 Å². The molecule has 0 saturated heterocycles. The molecule has 3 aromatic rings. The average Bonchev–Trinajstić information content (AvgIpc) is 2.67. The van der Waals surface area contributed by atoms with Crippen molar-refractivity contribution in [1.29, 1.82) is 5.26 Å². The van der Waals surface area contributed by atoms with Gasteiger partial charge in [-0.25, -0.2) is 19.9 Å². The maximum Gasteiger partial charge on any atom is 0.222 e. The Labute approximate surface area is 144 Å². The van der Waals surface area contributed by atoms with Crippen LogP contribution in [0.4, 0.5) is 5.95 Å². The molecule has 122 valence electrons. The molecular weight excluding hydrogens is 316 g/mol. The molecule has 0 unspecified atom stereocenters. The van der Waals surface area contributed by atoms with E-state index in [1.165, 1.54) is 18.7 Å². The summed E-state index contributed by atoms with van der Waals surface area (Å²) in [4.78, 5) is 28.7. The van der Waals surface area contributed by atoms with Crippen molar-refractivity contribution in [2.24, 2.45) is 0 Å². The van der Waals surface area contributed by atoms with E-state index >= 15 is 0 Å². The molecule has 0 amide bonds. The van der Waals surface area contributed by atoms with Crippen molar-refractivity contribution in [2.75, 3.05) is 5.32 Å². The second-order valence-electron chi connectivity index (χ2n) is 5.37. The third-order valence-electron chi connectivity index (χ3n) is 3.60. The van der Waals surface area contributed by atoms with Gasteiger partial charge in [0.25, 0.3) is 0 Å². The van der Waals surface area contributed by atoms with E-state index < -0.39 is 0 Å². The van der Waals surface area contributed by atoms with E-state index in [4.69, 9.17) is 5.26 Å². The fraction of sp³-hybridized carbons (Fsp3) is 0.111. The molecule has 0 radical (unpaired) electrons. The van der Waals surface area contributed by atoms with Gasteiger partial charge < -0.3 is 5.32 Å². The van der Waals surface area contributed by atoms with Crippen LogP contribution in [0.1, 0.15) is 32.6 Å². The van der Waals surface area contributed by atoms with Crippen molar-refractivity contribution in [3.8, 4) is 6.07 Å². The second kappa shape index (κ2) is 7.27. The summed E-state index contributed by atoms with van der Waals surface area (Å²) in [6, 6.07) is 7.11. The number of nitrogens with one attached hydrogen (secondary N) is 1. The minimum absolute atomic E-state index is 0.223. The van der Waals surface area contributed by atoms with Crippen molar-refractivity contribution in [3.05, 3.63) is 77.1 Å². The summed E-state index contributed by atoms with van der Waals surface area (Å²) >= 11 is 0. The van der Waals surface area contributed by atoms with Gasteiger partial charge in [0.2, 0.25) is 5.95 Å². The molecule has 2 aromatic heterocycles. The zero-order chi connectivity index (χ0) is 17.6. The quantitative estimate of drug-likeness (QED) is 0.716. The fourth-order valence-corrected chi connectivity index (χ4v) is 2.19. The Hall–Kier alpha value is -3.66. The monoisotopic (exact) mass is 330 g/mol. The van der Waals surface area contributed by atoms with E-state index in [9.17, 15) is 4.79 Å². The SMILES string of the molecule is Cc1ccc(C(=O)c2cnc(NCc3cncnc3)nc2)cc1C#N. The number of hydrogen-bond acceptors (Lipinski definition) is 7. The topological polar surface area (TPSA) is 104 Å². The summed E-state index contributed by atoms with van der Waals surface area (Å²) < 4.78 is 0. The van der Waals surface area contributed by atoms with Crippen molar-refractivity contribution < 1.29 is 4.79 Å². The van der Waals surface area contributed by atoms with Gasteiger partial charge in [0.05, 0.1) is 17.2 Å². The van der Waals surface area contributed by atoms with E-state index in [1.54, 1.807) is 30.6 Å². The standard InChI is InChI=1S/C18H14N6O/c1-12-2-3-14(4-15(12)5-19)17(25)16-9-23-18(24-10-16)22-8-13-6-20-11-21-7-13/h2-4,6-7,9-11H,8H2,1H3,(H,22,23,24). The number of aromatic nitrogens is 4. The van der Waals surface area contributed by atoms with Crippen LogP contribution in [0.3, 0.4) is 0 Å². The lowest BCUT2D eigenvalue weighted by atomic mass is 10.0. The molecule has 7 nitrogen and oxygen atoms in total. The second-order valence-corrected chi connectivity index (χ2v) is 5.37. The number of carbonyl (C=O) groups is 1. The summed E-state index contributed by atoms with van der Waals surface area (Å²) in [5.41, 5.74) is 3.01. The van der Waals surface area contributed by atoms with E-state index in [0.29, 0.717) is 29.2 Å². The highest BCUT2D eigenvalue weighted by Gasteiger charge is 2.12. The Morgan fingerprint density at radius 1 is 1.12 bits per heavy atom. The largest absolute Gasteiger partial charge is 0.350 e. The van der Waals surface area contributed by atoms with E-state index in [2.05, 4.69) is 31.3 Å². The molecule has 0 aliphatic carbocycles. The van der Waals surface area contributed by atoms with Crippen LogP contribution >= 0.6 is 0 Å². The number of ketones is 1. The van der Waals surface area contributed by atoms with Crippen molar-refractivity contribution in [3.63, 3.8) is 0 Å². The predicted molar refractivity (Wildman–Crippen MR) is 90.7 cm³/mol. The molecule has 2 heterocycles. The van der Waals surface area contributed by atoms with Crippen LogP contribution in [0.15, 0.2) is 49.3 Å². The number of benzene rings is 1. The molecule has 0 bridgehead atoms. The normalized spacial score (nSPS) is 10.1. The Morgan fingerprint density at radius 3 is 2.52 bits per heavy atom. The van der Waals surface area contributed by atoms with E-state index in [-0.39, 0.29) is 5.78 Å². The molecule has 0 aliphatic heterocycles. The van der Waals surface area contributed by atoms with Gasteiger partial charge in [-0.3, -0.25) is 4.79 Å². The highest BCUT2D eigenvalue weighted by Crippen LogP contribution is 2.14. The summed E-state index contributed by atoms with van der Waals surface area (Å²) in [6.45, 7) is 2.31. The van der Waals surface area contributed by atoms with Gasteiger partial charge in [-0.2, -0.15) is 5.26 Å². The van der Waals surface area contributed by atoms with Gasteiger partial charge in [0.1, 0.15) is 6.33 Å². The number of hydrogen-bond donors (Lipinski definition) is 1. The Kier molecular flexibility index (Phi) is 4.72. The Bertz CT molecular complexity index is 932. The molecule has 0 aliphatic rings. The molecule has 0 fully saturated rings. The first-order chi connectivity index (χ1) is 12.2. The highest BCUT2D eigenvalue weighted by molar-refractivity contribution is 6.08. The smallest absolute Gasteiger partial charge is 0.222 e. The summed E-state index contributed by atoms with van der Waals surface area (Å²) in [6.07, 6.45) is 7.78. The number of anilines is 1. The zero-order valence-corrected chi connectivity index (χ0v) is 13.5. The van der Waals surface area contributed by atoms with Crippen molar-refractivity contribution in [1.82, 2.24) is 19.9 Å². The van der Waals surface area contributed by atoms with Crippen LogP contribution in [-0.2, 0) is 6.54 Å². The van der Waals surface area contributed by atoms with Gasteiger partial charge in [-0.1, -0.05) is 12.1 Å². The summed E-state index contributed by atoms with van der Waals surface area (Å²) in [7, 11) is 0. The molecule has 1 N–H and O–H groups in total. The molecule has 25 heavy (non-hydrogen) atoms. The molecule has 3 rings (SSSR count). The fourth-order valence-electron chi connectivity index (χ4n) is 2.19. The van der Waals surface area contributed by atoms with Gasteiger partial charge in [-0.15, -0.1) is 0 Å². The van der Waals surface area contributed by atoms with Gasteiger partial charge >= 0.3 is 0 Å². The van der Waals surface area contributed by atoms with Crippen LogP contribution in [0.5, 0.6) is 0 Å². The maximum absolute atomic E-state index is 12.5. The van der Waals surface area contributed by atoms with Gasteiger partial charge in [0.15, 0.2) is 5.78 Å². The van der Waals surface area contributed by atoms with Crippen molar-refractivity contribution in [2.45, 2.75) is 13.5 Å². The van der Waals surface area contributed by atoms with Crippen molar-refractivity contribution >= 4 is 11.7 Å². The number of nitrogens with zero attached hydrogens (tertiary/aromatic N) is 5. The number of carbonyl (C=O) groups excluding carboxylic acids is 1.